The number of allylic oxidation sites excluding steroid dienone is 1. The van der Waals surface area contributed by atoms with Gasteiger partial charge in [-0.3, -0.25) is 0 Å². The highest BCUT2D eigenvalue weighted by molar-refractivity contribution is 5.01. The van der Waals surface area contributed by atoms with Crippen LogP contribution in [-0.2, 0) is 0 Å². The van der Waals surface area contributed by atoms with Crippen molar-refractivity contribution in [3.63, 3.8) is 0 Å². The van der Waals surface area contributed by atoms with Gasteiger partial charge >= 0.3 is 0 Å². The van der Waals surface area contributed by atoms with Gasteiger partial charge in [0.2, 0.25) is 0 Å². The molecule has 0 saturated carbocycles. The molecule has 0 spiro atoms. The molecule has 0 bridgehead atoms. The molecule has 0 aliphatic rings. The van der Waals surface area contributed by atoms with E-state index in [1.54, 1.807) is 0 Å². The Bertz CT molecular complexity index is 145. The Morgan fingerprint density at radius 1 is 1.25 bits per heavy atom. The van der Waals surface area contributed by atoms with Crippen molar-refractivity contribution in [3.8, 4) is 0 Å². The number of hydrogen-bond donors (Lipinski definition) is 0. The van der Waals surface area contributed by atoms with Crippen molar-refractivity contribution in [2.24, 2.45) is 5.92 Å². The summed E-state index contributed by atoms with van der Waals surface area (Å²) in [4.78, 5) is 2.34. The Kier molecular flexibility index (Phi) is 5.23. The van der Waals surface area contributed by atoms with E-state index in [1.165, 1.54) is 5.57 Å². The Labute approximate surface area is 77.5 Å². The minimum absolute atomic E-state index is 0.640. The second-order valence-electron chi connectivity index (χ2n) is 4.14. The Morgan fingerprint density at radius 3 is 2.08 bits per heavy atom. The third kappa shape index (κ3) is 4.55. The number of rotatable bonds is 4. The summed E-state index contributed by atoms with van der Waals surface area (Å²) in [5.74, 6) is 0.686. The lowest BCUT2D eigenvalue weighted by atomic mass is 10.1. The fraction of sp³-hybridized carbons (Fsp3) is 0.818. The molecule has 0 amide bonds. The molecular formula is C11H23N. The lowest BCUT2D eigenvalue weighted by Gasteiger charge is -2.19. The van der Waals surface area contributed by atoms with Crippen LogP contribution in [0.15, 0.2) is 11.6 Å². The zero-order chi connectivity index (χ0) is 9.72. The van der Waals surface area contributed by atoms with E-state index >= 15 is 0 Å². The van der Waals surface area contributed by atoms with Gasteiger partial charge < -0.3 is 4.90 Å². The Balaban J connectivity index is 3.87. The maximum absolute atomic E-state index is 2.34. The van der Waals surface area contributed by atoms with E-state index in [0.717, 1.165) is 6.54 Å². The van der Waals surface area contributed by atoms with Crippen LogP contribution in [0.4, 0.5) is 0 Å². The normalized spacial score (nSPS) is 13.6. The first kappa shape index (κ1) is 11.7. The number of nitrogens with zero attached hydrogens (tertiary/aromatic N) is 1. The monoisotopic (exact) mass is 169 g/mol. The molecule has 0 aromatic carbocycles. The summed E-state index contributed by atoms with van der Waals surface area (Å²) >= 11 is 0. The van der Waals surface area contributed by atoms with Crippen LogP contribution in [-0.4, -0.2) is 24.5 Å². The molecule has 72 valence electrons. The summed E-state index contributed by atoms with van der Waals surface area (Å²) < 4.78 is 0. The molecule has 12 heavy (non-hydrogen) atoms. The molecule has 0 rings (SSSR count). The van der Waals surface area contributed by atoms with E-state index in [-0.39, 0.29) is 0 Å². The summed E-state index contributed by atoms with van der Waals surface area (Å²) in [7, 11) is 2.16. The van der Waals surface area contributed by atoms with Gasteiger partial charge in [0.15, 0.2) is 0 Å². The van der Waals surface area contributed by atoms with Gasteiger partial charge in [-0.25, -0.2) is 0 Å². The standard InChI is InChI=1S/C11H23N/c1-9(2)11(5)7-8-12(6)10(3)4/h7,9-10H,8H2,1-6H3/b11-7+. The molecule has 0 heterocycles. The second-order valence-corrected chi connectivity index (χ2v) is 4.14. The molecule has 0 unspecified atom stereocenters. The lowest BCUT2D eigenvalue weighted by Crippen LogP contribution is -2.26. The molecule has 0 aromatic heterocycles. The molecule has 0 aliphatic carbocycles. The van der Waals surface area contributed by atoms with Crippen LogP contribution in [0.25, 0.3) is 0 Å². The predicted molar refractivity (Wildman–Crippen MR) is 56.4 cm³/mol. The Morgan fingerprint density at radius 2 is 1.75 bits per heavy atom. The summed E-state index contributed by atoms with van der Waals surface area (Å²) in [6.07, 6.45) is 2.32. The van der Waals surface area contributed by atoms with E-state index in [0.29, 0.717) is 12.0 Å². The quantitative estimate of drug-likeness (QED) is 0.585. The van der Waals surface area contributed by atoms with Gasteiger partial charge in [0.05, 0.1) is 0 Å². The molecule has 0 radical (unpaired) electrons. The molecule has 1 heteroatoms. The molecule has 0 atom stereocenters. The van der Waals surface area contributed by atoms with Crippen LogP contribution in [0.5, 0.6) is 0 Å². The molecule has 0 aliphatic heterocycles. The van der Waals surface area contributed by atoms with Gasteiger partial charge in [-0.15, -0.1) is 0 Å². The third-order valence-corrected chi connectivity index (χ3v) is 2.49. The van der Waals surface area contributed by atoms with Gasteiger partial charge in [-0.1, -0.05) is 25.5 Å². The minimum atomic E-state index is 0.640. The highest BCUT2D eigenvalue weighted by Gasteiger charge is 2.01. The maximum Gasteiger partial charge on any atom is 0.0165 e. The van der Waals surface area contributed by atoms with Gasteiger partial charge in [0.1, 0.15) is 0 Å². The first-order valence-electron chi connectivity index (χ1n) is 4.82. The largest absolute Gasteiger partial charge is 0.300 e. The van der Waals surface area contributed by atoms with Gasteiger partial charge in [-0.2, -0.15) is 0 Å². The summed E-state index contributed by atoms with van der Waals surface area (Å²) in [5.41, 5.74) is 1.49. The van der Waals surface area contributed by atoms with E-state index < -0.39 is 0 Å². The summed E-state index contributed by atoms with van der Waals surface area (Å²) in [6, 6.07) is 0.640. The first-order valence-corrected chi connectivity index (χ1v) is 4.82. The van der Waals surface area contributed by atoms with Crippen molar-refractivity contribution < 1.29 is 0 Å². The van der Waals surface area contributed by atoms with Crippen molar-refractivity contribution in [1.29, 1.82) is 0 Å². The molecule has 0 fully saturated rings. The average Bonchev–Trinajstić information content (AvgIpc) is 1.98. The molecule has 0 saturated heterocycles. The van der Waals surface area contributed by atoms with Crippen LogP contribution >= 0.6 is 0 Å². The van der Waals surface area contributed by atoms with E-state index in [4.69, 9.17) is 0 Å². The maximum atomic E-state index is 2.34. The second kappa shape index (κ2) is 5.36. The predicted octanol–water partition coefficient (Wildman–Crippen LogP) is 2.93. The van der Waals surface area contributed by atoms with Crippen LogP contribution < -0.4 is 0 Å². The first-order chi connectivity index (χ1) is 5.45. The fourth-order valence-corrected chi connectivity index (χ4v) is 0.735. The Hall–Kier alpha value is -0.300. The zero-order valence-corrected chi connectivity index (χ0v) is 9.39. The van der Waals surface area contributed by atoms with Gasteiger partial charge in [-0.05, 0) is 33.7 Å². The van der Waals surface area contributed by atoms with Crippen LogP contribution in [0.1, 0.15) is 34.6 Å². The third-order valence-electron chi connectivity index (χ3n) is 2.49. The summed E-state index contributed by atoms with van der Waals surface area (Å²) in [6.45, 7) is 12.2. The molecule has 0 aromatic rings. The van der Waals surface area contributed by atoms with E-state index in [9.17, 15) is 0 Å². The van der Waals surface area contributed by atoms with Crippen LogP contribution in [0.3, 0.4) is 0 Å². The number of hydrogen-bond acceptors (Lipinski definition) is 1. The van der Waals surface area contributed by atoms with Crippen molar-refractivity contribution in [2.75, 3.05) is 13.6 Å². The van der Waals surface area contributed by atoms with Gasteiger partial charge in [0, 0.05) is 12.6 Å². The van der Waals surface area contributed by atoms with Crippen molar-refractivity contribution in [2.45, 2.75) is 40.7 Å². The van der Waals surface area contributed by atoms with Crippen molar-refractivity contribution in [1.82, 2.24) is 4.90 Å². The molecule has 0 N–H and O–H groups in total. The smallest absolute Gasteiger partial charge is 0.0165 e. The molecule has 1 nitrogen and oxygen atoms in total. The average molecular weight is 169 g/mol. The van der Waals surface area contributed by atoms with Crippen LogP contribution in [0, 0.1) is 5.92 Å². The van der Waals surface area contributed by atoms with E-state index in [1.807, 2.05) is 0 Å². The highest BCUT2D eigenvalue weighted by Crippen LogP contribution is 2.07. The summed E-state index contributed by atoms with van der Waals surface area (Å²) in [5, 5.41) is 0. The van der Waals surface area contributed by atoms with Crippen molar-refractivity contribution >= 4 is 0 Å². The minimum Gasteiger partial charge on any atom is -0.300 e. The topological polar surface area (TPSA) is 3.24 Å². The zero-order valence-electron chi connectivity index (χ0n) is 9.39. The van der Waals surface area contributed by atoms with Gasteiger partial charge in [0.25, 0.3) is 0 Å². The van der Waals surface area contributed by atoms with Crippen LogP contribution in [0.2, 0.25) is 0 Å². The highest BCUT2D eigenvalue weighted by atomic mass is 15.1. The number of likely N-dealkylation sites (N-methyl/N-ethyl adjacent to an activating group) is 1. The fourth-order valence-electron chi connectivity index (χ4n) is 0.735. The van der Waals surface area contributed by atoms with Crippen molar-refractivity contribution in [3.05, 3.63) is 11.6 Å². The lowest BCUT2D eigenvalue weighted by molar-refractivity contribution is 0.302. The molecular weight excluding hydrogens is 146 g/mol. The van der Waals surface area contributed by atoms with E-state index in [2.05, 4.69) is 52.6 Å². The SMILES string of the molecule is C/C(=C\CN(C)C(C)C)C(C)C.